The van der Waals surface area contributed by atoms with Crippen molar-refractivity contribution in [2.24, 2.45) is 0 Å². The summed E-state index contributed by atoms with van der Waals surface area (Å²) >= 11 is 8.17. The number of thiophene rings is 1. The average molecular weight is 481 g/mol. The van der Waals surface area contributed by atoms with Gasteiger partial charge in [-0.3, -0.25) is 14.3 Å². The maximum Gasteiger partial charge on any atom is 0.261 e. The van der Waals surface area contributed by atoms with Crippen LogP contribution in [0.3, 0.4) is 0 Å². The lowest BCUT2D eigenvalue weighted by Gasteiger charge is -2.16. The zero-order valence-electron chi connectivity index (χ0n) is 19.2. The third-order valence-electron chi connectivity index (χ3n) is 5.29. The molecule has 4 aromatic heterocycles. The van der Waals surface area contributed by atoms with Crippen LogP contribution >= 0.6 is 22.9 Å². The van der Waals surface area contributed by atoms with Gasteiger partial charge >= 0.3 is 0 Å². The molecule has 4 rings (SSSR count). The molecule has 0 unspecified atom stereocenters. The fourth-order valence-corrected chi connectivity index (χ4v) is 4.39. The highest BCUT2D eigenvalue weighted by Crippen LogP contribution is 2.27. The van der Waals surface area contributed by atoms with E-state index in [2.05, 4.69) is 33.3 Å². The van der Waals surface area contributed by atoms with Crippen molar-refractivity contribution in [3.8, 4) is 22.8 Å². The predicted molar refractivity (Wildman–Crippen MR) is 133 cm³/mol. The molecule has 0 aliphatic heterocycles. The number of aromatic nitrogens is 4. The normalized spacial score (nSPS) is 11.2. The minimum atomic E-state index is -0.184. The second-order valence-corrected chi connectivity index (χ2v) is 9.77. The molecule has 0 aliphatic carbocycles. The van der Waals surface area contributed by atoms with Crippen molar-refractivity contribution in [3.05, 3.63) is 84.9 Å². The molecule has 170 valence electrons. The third-order valence-corrected chi connectivity index (χ3v) is 6.50. The van der Waals surface area contributed by atoms with E-state index in [0.29, 0.717) is 45.7 Å². The number of hydrogen-bond acceptors (Lipinski definition) is 6. The molecule has 0 spiro atoms. The van der Waals surface area contributed by atoms with E-state index in [9.17, 15) is 4.79 Å². The first-order valence-electron chi connectivity index (χ1n) is 10.6. The van der Waals surface area contributed by atoms with Crippen LogP contribution in [0.2, 0.25) is 5.02 Å². The Bertz CT molecular complexity index is 1380. The van der Waals surface area contributed by atoms with E-state index in [0.717, 1.165) is 11.4 Å². The number of pyridine rings is 2. The van der Waals surface area contributed by atoms with Crippen LogP contribution < -0.4 is 10.3 Å². The first kappa shape index (κ1) is 23.1. The van der Waals surface area contributed by atoms with Crippen molar-refractivity contribution in [2.45, 2.75) is 47.1 Å². The Morgan fingerprint density at radius 2 is 1.91 bits per heavy atom. The van der Waals surface area contributed by atoms with Gasteiger partial charge in [0.15, 0.2) is 0 Å². The van der Waals surface area contributed by atoms with Gasteiger partial charge in [-0.15, -0.1) is 11.3 Å². The van der Waals surface area contributed by atoms with Gasteiger partial charge in [-0.1, -0.05) is 25.4 Å². The van der Waals surface area contributed by atoms with Crippen LogP contribution in [-0.2, 0) is 6.61 Å². The van der Waals surface area contributed by atoms with Crippen LogP contribution in [0.15, 0.2) is 46.8 Å². The molecular formula is C25H25ClN4O2S. The van der Waals surface area contributed by atoms with Crippen LogP contribution in [0.25, 0.3) is 17.1 Å². The smallest absolute Gasteiger partial charge is 0.261 e. The Kier molecular flexibility index (Phi) is 6.63. The van der Waals surface area contributed by atoms with Crippen molar-refractivity contribution in [1.29, 1.82) is 0 Å². The van der Waals surface area contributed by atoms with Crippen LogP contribution in [0, 0.1) is 20.8 Å². The van der Waals surface area contributed by atoms with Crippen molar-refractivity contribution in [1.82, 2.24) is 19.5 Å². The van der Waals surface area contributed by atoms with Gasteiger partial charge in [0.2, 0.25) is 0 Å². The van der Waals surface area contributed by atoms with Gasteiger partial charge in [0, 0.05) is 40.5 Å². The first-order chi connectivity index (χ1) is 15.7. The predicted octanol–water partition coefficient (Wildman–Crippen LogP) is 6.03. The van der Waals surface area contributed by atoms with Crippen LogP contribution in [0.4, 0.5) is 0 Å². The van der Waals surface area contributed by atoms with Crippen molar-refractivity contribution >= 4 is 22.9 Å². The van der Waals surface area contributed by atoms with Gasteiger partial charge in [0.1, 0.15) is 18.2 Å². The summed E-state index contributed by atoms with van der Waals surface area (Å²) in [7, 11) is 0. The van der Waals surface area contributed by atoms with Crippen LogP contribution in [-0.4, -0.2) is 19.5 Å². The van der Waals surface area contributed by atoms with E-state index < -0.39 is 0 Å². The van der Waals surface area contributed by atoms with E-state index in [1.54, 1.807) is 47.4 Å². The Balaban J connectivity index is 1.73. The fourth-order valence-electron chi connectivity index (χ4n) is 3.51. The number of hydrogen-bond donors (Lipinski definition) is 0. The van der Waals surface area contributed by atoms with Gasteiger partial charge in [-0.25, -0.2) is 9.97 Å². The van der Waals surface area contributed by atoms with E-state index in [1.807, 2.05) is 26.8 Å². The molecule has 4 heterocycles. The molecule has 6 nitrogen and oxygen atoms in total. The maximum atomic E-state index is 13.4. The summed E-state index contributed by atoms with van der Waals surface area (Å²) in [6.45, 7) is 10.2. The summed E-state index contributed by atoms with van der Waals surface area (Å²) in [5.41, 5.74) is 3.99. The highest BCUT2D eigenvalue weighted by Gasteiger charge is 2.17. The summed E-state index contributed by atoms with van der Waals surface area (Å²) in [6.07, 6.45) is 3.27. The summed E-state index contributed by atoms with van der Waals surface area (Å²) < 4.78 is 7.57. The second-order valence-electron chi connectivity index (χ2n) is 8.25. The Morgan fingerprint density at radius 3 is 2.61 bits per heavy atom. The number of nitrogens with zero attached hydrogens (tertiary/aromatic N) is 4. The lowest BCUT2D eigenvalue weighted by molar-refractivity contribution is 0.303. The Morgan fingerprint density at radius 1 is 1.12 bits per heavy atom. The van der Waals surface area contributed by atoms with E-state index in [4.69, 9.17) is 16.3 Å². The summed E-state index contributed by atoms with van der Waals surface area (Å²) in [5, 5.41) is 2.44. The molecule has 4 aromatic rings. The molecule has 8 heteroatoms. The van der Waals surface area contributed by atoms with Gasteiger partial charge < -0.3 is 4.74 Å². The largest absolute Gasteiger partial charge is 0.488 e. The van der Waals surface area contributed by atoms with Crippen molar-refractivity contribution in [2.75, 3.05) is 0 Å². The highest BCUT2D eigenvalue weighted by atomic mass is 35.5. The molecule has 0 N–H and O–H groups in total. The zero-order chi connectivity index (χ0) is 23.7. The highest BCUT2D eigenvalue weighted by molar-refractivity contribution is 7.10. The summed E-state index contributed by atoms with van der Waals surface area (Å²) in [6, 6.07) is 7.55. The summed E-state index contributed by atoms with van der Waals surface area (Å²) in [4.78, 5) is 27.9. The lowest BCUT2D eigenvalue weighted by atomic mass is 10.1. The van der Waals surface area contributed by atoms with Gasteiger partial charge in [-0.2, -0.15) is 0 Å². The Hall–Kier alpha value is -3.03. The van der Waals surface area contributed by atoms with Crippen molar-refractivity contribution in [3.63, 3.8) is 0 Å². The molecule has 0 radical (unpaired) electrons. The monoisotopic (exact) mass is 480 g/mol. The standard InChI is InChI=1S/C25H25ClN4O2S/c1-14(2)24-27-7-6-20(29-24)21-10-22(19(26)11-28-21)30-15(3)8-23(17(5)25(30)31)32-12-18-9-16(4)33-13-18/h6-11,13-14H,12H2,1-5H3. The third kappa shape index (κ3) is 4.84. The van der Waals surface area contributed by atoms with Crippen LogP contribution in [0.1, 0.15) is 47.3 Å². The lowest BCUT2D eigenvalue weighted by Crippen LogP contribution is -2.24. The van der Waals surface area contributed by atoms with Crippen molar-refractivity contribution < 1.29 is 4.74 Å². The first-order valence-corrected chi connectivity index (χ1v) is 11.9. The fraction of sp³-hybridized carbons (Fsp3) is 0.280. The number of halogens is 1. The topological polar surface area (TPSA) is 69.9 Å². The molecule has 0 fully saturated rings. The zero-order valence-corrected chi connectivity index (χ0v) is 20.8. The van der Waals surface area contributed by atoms with Gasteiger partial charge in [-0.05, 0) is 44.4 Å². The Labute approximate surface area is 201 Å². The van der Waals surface area contributed by atoms with E-state index >= 15 is 0 Å². The molecule has 0 bridgehead atoms. The molecule has 0 amide bonds. The number of ether oxygens (including phenoxy) is 1. The number of aryl methyl sites for hydroxylation is 2. The molecular weight excluding hydrogens is 456 g/mol. The van der Waals surface area contributed by atoms with E-state index in [-0.39, 0.29) is 11.5 Å². The van der Waals surface area contributed by atoms with Gasteiger partial charge in [0.05, 0.1) is 27.7 Å². The molecule has 0 aromatic carbocycles. The average Bonchev–Trinajstić information content (AvgIpc) is 3.21. The molecule has 33 heavy (non-hydrogen) atoms. The molecule has 0 saturated heterocycles. The quantitative estimate of drug-likeness (QED) is 0.337. The second kappa shape index (κ2) is 9.45. The molecule has 0 atom stereocenters. The maximum absolute atomic E-state index is 13.4. The minimum absolute atomic E-state index is 0.184. The summed E-state index contributed by atoms with van der Waals surface area (Å²) in [5.74, 6) is 1.49. The SMILES string of the molecule is Cc1cc(COc2cc(C)n(-c3cc(-c4ccnc(C(C)C)n4)ncc3Cl)c(=O)c2C)cs1. The number of rotatable bonds is 6. The molecule has 0 aliphatic rings. The van der Waals surface area contributed by atoms with Gasteiger partial charge in [0.25, 0.3) is 5.56 Å². The molecule has 0 saturated carbocycles. The van der Waals surface area contributed by atoms with E-state index in [1.165, 1.54) is 4.88 Å². The minimum Gasteiger partial charge on any atom is -0.488 e. The van der Waals surface area contributed by atoms with Crippen LogP contribution in [0.5, 0.6) is 5.75 Å².